The number of carbonyl (C=O) groups excluding carboxylic acids is 1. The molecule has 1 aromatic heterocycles. The number of anilines is 1. The summed E-state index contributed by atoms with van der Waals surface area (Å²) in [5.74, 6) is 0.638. The van der Waals surface area contributed by atoms with E-state index in [-0.39, 0.29) is 5.91 Å². The van der Waals surface area contributed by atoms with Gasteiger partial charge in [0.15, 0.2) is 5.69 Å². The summed E-state index contributed by atoms with van der Waals surface area (Å²) >= 11 is 0. The lowest BCUT2D eigenvalue weighted by Gasteiger charge is -2.19. The number of nitrogens with zero attached hydrogens (tertiary/aromatic N) is 2. The maximum absolute atomic E-state index is 13.0. The smallest absolute Gasteiger partial charge is 0.276 e. The Morgan fingerprint density at radius 2 is 2.08 bits per heavy atom. The van der Waals surface area contributed by atoms with Gasteiger partial charge in [0.05, 0.1) is 13.2 Å². The minimum absolute atomic E-state index is 0.0970. The number of rotatable bonds is 4. The first-order chi connectivity index (χ1) is 12.8. The minimum atomic E-state index is -0.0970. The number of aryl methyl sites for hydroxylation is 1. The van der Waals surface area contributed by atoms with Gasteiger partial charge >= 0.3 is 0 Å². The molecule has 1 aliphatic heterocycles. The van der Waals surface area contributed by atoms with Crippen LogP contribution in [0.15, 0.2) is 18.2 Å². The fourth-order valence-corrected chi connectivity index (χ4v) is 4.27. The largest absolute Gasteiger partial charge is 0.376 e. The number of ether oxygens (including phenoxy) is 1. The van der Waals surface area contributed by atoms with Gasteiger partial charge in [-0.1, -0.05) is 12.1 Å². The van der Waals surface area contributed by atoms with Gasteiger partial charge in [-0.2, -0.15) is 5.10 Å². The van der Waals surface area contributed by atoms with Crippen LogP contribution in [0.2, 0.25) is 0 Å². The molecule has 0 spiro atoms. The van der Waals surface area contributed by atoms with Crippen LogP contribution >= 0.6 is 0 Å². The third kappa shape index (κ3) is 2.94. The van der Waals surface area contributed by atoms with Gasteiger partial charge < -0.3 is 10.1 Å². The van der Waals surface area contributed by atoms with Crippen LogP contribution in [0.4, 0.5) is 5.69 Å². The van der Waals surface area contributed by atoms with Crippen LogP contribution in [-0.4, -0.2) is 22.3 Å². The molecule has 5 heteroatoms. The molecule has 2 heterocycles. The Kier molecular flexibility index (Phi) is 4.04. The fourth-order valence-electron chi connectivity index (χ4n) is 4.27. The molecule has 0 saturated heterocycles. The lowest BCUT2D eigenvalue weighted by molar-refractivity contribution is 0.0984. The number of hydrogen-bond donors (Lipinski definition) is 1. The Hall–Kier alpha value is -2.14. The summed E-state index contributed by atoms with van der Waals surface area (Å²) in [6.45, 7) is 2.16. The summed E-state index contributed by atoms with van der Waals surface area (Å²) in [5, 5.41) is 7.85. The first kappa shape index (κ1) is 16.1. The molecular formula is C21H25N3O2. The first-order valence-electron chi connectivity index (χ1n) is 9.88. The van der Waals surface area contributed by atoms with Crippen LogP contribution in [-0.2, 0) is 37.2 Å². The van der Waals surface area contributed by atoms with E-state index in [9.17, 15) is 4.79 Å². The zero-order chi connectivity index (χ0) is 17.5. The van der Waals surface area contributed by atoms with E-state index in [1.165, 1.54) is 42.5 Å². The lowest BCUT2D eigenvalue weighted by atomic mass is 9.90. The van der Waals surface area contributed by atoms with E-state index in [4.69, 9.17) is 9.84 Å². The standard InChI is InChI=1S/C21H25N3O2/c25-21(22-18-7-3-5-15-4-1-2-6-16(15)18)20-17-13-26-11-10-19(17)24(23-20)12-14-8-9-14/h3,5,7,14H,1-2,4,6,8-13H2,(H,22,25). The Balaban J connectivity index is 1.45. The van der Waals surface area contributed by atoms with E-state index >= 15 is 0 Å². The summed E-state index contributed by atoms with van der Waals surface area (Å²) in [4.78, 5) is 13.0. The van der Waals surface area contributed by atoms with Crippen LogP contribution in [0.3, 0.4) is 0 Å². The molecule has 0 unspecified atom stereocenters. The molecule has 0 atom stereocenters. The number of aromatic nitrogens is 2. The van der Waals surface area contributed by atoms with Gasteiger partial charge in [-0.25, -0.2) is 0 Å². The zero-order valence-corrected chi connectivity index (χ0v) is 15.1. The van der Waals surface area contributed by atoms with Crippen molar-refractivity contribution in [3.8, 4) is 0 Å². The molecule has 1 N–H and O–H groups in total. The van der Waals surface area contributed by atoms with Gasteiger partial charge in [0, 0.05) is 29.9 Å². The molecule has 5 nitrogen and oxygen atoms in total. The molecule has 26 heavy (non-hydrogen) atoms. The maximum atomic E-state index is 13.0. The summed E-state index contributed by atoms with van der Waals surface area (Å²) in [6, 6.07) is 6.25. The number of nitrogens with one attached hydrogen (secondary N) is 1. The zero-order valence-electron chi connectivity index (χ0n) is 15.1. The molecule has 1 fully saturated rings. The van der Waals surface area contributed by atoms with Crippen molar-refractivity contribution in [2.24, 2.45) is 5.92 Å². The van der Waals surface area contributed by atoms with E-state index in [1.807, 2.05) is 12.1 Å². The average molecular weight is 351 g/mol. The highest BCUT2D eigenvalue weighted by Crippen LogP contribution is 2.33. The molecule has 1 aromatic carbocycles. The predicted octanol–water partition coefficient (Wildman–Crippen LogP) is 3.50. The monoisotopic (exact) mass is 351 g/mol. The van der Waals surface area contributed by atoms with Crippen molar-refractivity contribution in [3.63, 3.8) is 0 Å². The predicted molar refractivity (Wildman–Crippen MR) is 99.3 cm³/mol. The van der Waals surface area contributed by atoms with E-state index in [0.717, 1.165) is 49.6 Å². The molecule has 2 aromatic rings. The number of benzene rings is 1. The molecule has 2 aliphatic carbocycles. The van der Waals surface area contributed by atoms with Gasteiger partial charge in [-0.3, -0.25) is 9.48 Å². The first-order valence-corrected chi connectivity index (χ1v) is 9.88. The summed E-state index contributed by atoms with van der Waals surface area (Å²) < 4.78 is 7.70. The second-order valence-electron chi connectivity index (χ2n) is 7.81. The molecule has 0 bridgehead atoms. The molecule has 5 rings (SSSR count). The van der Waals surface area contributed by atoms with E-state index < -0.39 is 0 Å². The van der Waals surface area contributed by atoms with Crippen molar-refractivity contribution >= 4 is 11.6 Å². The lowest BCUT2D eigenvalue weighted by Crippen LogP contribution is -2.19. The highest BCUT2D eigenvalue weighted by molar-refractivity contribution is 6.04. The van der Waals surface area contributed by atoms with Crippen LogP contribution in [0.1, 0.15) is 58.6 Å². The van der Waals surface area contributed by atoms with Crippen LogP contribution in [0.25, 0.3) is 0 Å². The Labute approximate surface area is 153 Å². The second-order valence-corrected chi connectivity index (χ2v) is 7.81. The highest BCUT2D eigenvalue weighted by Gasteiger charge is 2.29. The van der Waals surface area contributed by atoms with Gasteiger partial charge in [0.2, 0.25) is 0 Å². The third-order valence-electron chi connectivity index (χ3n) is 5.88. The van der Waals surface area contributed by atoms with Crippen LogP contribution in [0, 0.1) is 5.92 Å². The topological polar surface area (TPSA) is 56.2 Å². The summed E-state index contributed by atoms with van der Waals surface area (Å²) in [7, 11) is 0. The second kappa shape index (κ2) is 6.54. The molecule has 1 amide bonds. The van der Waals surface area contributed by atoms with E-state index in [1.54, 1.807) is 0 Å². The fraction of sp³-hybridized carbons (Fsp3) is 0.524. The van der Waals surface area contributed by atoms with Crippen molar-refractivity contribution in [2.45, 2.75) is 58.1 Å². The SMILES string of the molecule is O=C(Nc1cccc2c1CCCC2)c1nn(CC2CC2)c2c1COCC2. The number of hydrogen-bond acceptors (Lipinski definition) is 3. The molecular weight excluding hydrogens is 326 g/mol. The molecule has 136 valence electrons. The maximum Gasteiger partial charge on any atom is 0.276 e. The molecule has 0 radical (unpaired) electrons. The average Bonchev–Trinajstić information content (AvgIpc) is 3.42. The Morgan fingerprint density at radius 1 is 1.19 bits per heavy atom. The molecule has 3 aliphatic rings. The molecule has 1 saturated carbocycles. The van der Waals surface area contributed by atoms with Gasteiger partial charge in [-0.05, 0) is 61.6 Å². The summed E-state index contributed by atoms with van der Waals surface area (Å²) in [6.07, 6.45) is 8.00. The minimum Gasteiger partial charge on any atom is -0.376 e. The van der Waals surface area contributed by atoms with Crippen molar-refractivity contribution < 1.29 is 9.53 Å². The number of amides is 1. The van der Waals surface area contributed by atoms with Crippen molar-refractivity contribution in [1.82, 2.24) is 9.78 Å². The quantitative estimate of drug-likeness (QED) is 0.917. The van der Waals surface area contributed by atoms with Crippen molar-refractivity contribution in [3.05, 3.63) is 46.3 Å². The Bertz CT molecular complexity index is 851. The van der Waals surface area contributed by atoms with Crippen molar-refractivity contribution in [1.29, 1.82) is 0 Å². The number of carbonyl (C=O) groups is 1. The van der Waals surface area contributed by atoms with Crippen LogP contribution < -0.4 is 5.32 Å². The third-order valence-corrected chi connectivity index (χ3v) is 5.88. The van der Waals surface area contributed by atoms with E-state index in [0.29, 0.717) is 12.3 Å². The Morgan fingerprint density at radius 3 is 2.96 bits per heavy atom. The normalized spacial score (nSPS) is 18.9. The van der Waals surface area contributed by atoms with E-state index in [2.05, 4.69) is 16.1 Å². The summed E-state index contributed by atoms with van der Waals surface area (Å²) in [5.41, 5.74) is 6.36. The van der Waals surface area contributed by atoms with Crippen LogP contribution in [0.5, 0.6) is 0 Å². The van der Waals surface area contributed by atoms with Gasteiger partial charge in [-0.15, -0.1) is 0 Å². The van der Waals surface area contributed by atoms with Crippen molar-refractivity contribution in [2.75, 3.05) is 11.9 Å². The number of fused-ring (bicyclic) bond motifs is 2. The van der Waals surface area contributed by atoms with Gasteiger partial charge in [0.25, 0.3) is 5.91 Å². The highest BCUT2D eigenvalue weighted by atomic mass is 16.5. The van der Waals surface area contributed by atoms with Gasteiger partial charge in [0.1, 0.15) is 0 Å².